The lowest BCUT2D eigenvalue weighted by atomic mass is 9.98. The Morgan fingerprint density at radius 3 is 0.763 bits per heavy atom. The van der Waals surface area contributed by atoms with Crippen LogP contribution >= 0.6 is 34.2 Å². The number of methoxy groups -OCH3 is 2. The number of benzene rings is 12. The van der Waals surface area contributed by atoms with Crippen LogP contribution in [0.5, 0.6) is 0 Å². The molecule has 0 aliphatic carbocycles. The fourth-order valence-corrected chi connectivity index (χ4v) is 11.4. The number of hydrogen-bond donors (Lipinski definition) is 2. The number of nitrogens with zero attached hydrogens (tertiary/aromatic N) is 6. The summed E-state index contributed by atoms with van der Waals surface area (Å²) >= 11 is 7.61. The molecular formula is C88H76ClIN6O22. The summed E-state index contributed by atoms with van der Waals surface area (Å²) in [6.07, 6.45) is 2.48. The number of ketones is 1. The van der Waals surface area contributed by atoms with E-state index < -0.39 is 46.7 Å². The zero-order chi connectivity index (χ0) is 85.7. The van der Waals surface area contributed by atoms with Crippen LogP contribution in [0.3, 0.4) is 0 Å². The number of halogens is 2. The quantitative estimate of drug-likeness (QED) is 0.0159. The number of nitro groups is 6. The van der Waals surface area contributed by atoms with Crippen molar-refractivity contribution in [1.82, 2.24) is 0 Å². The summed E-state index contributed by atoms with van der Waals surface area (Å²) in [6, 6.07) is 79.9. The van der Waals surface area contributed by atoms with E-state index in [9.17, 15) is 89.5 Å². The Kier molecular flexibility index (Phi) is 38.0. The molecule has 0 bridgehead atoms. The number of carbonyl (C=O) groups excluding carboxylic acids is 4. The molecule has 2 N–H and O–H groups in total. The molecule has 28 nitrogen and oxygen atoms in total. The van der Waals surface area contributed by atoms with Gasteiger partial charge in [-0.05, 0) is 184 Å². The predicted molar refractivity (Wildman–Crippen MR) is 452 cm³/mol. The van der Waals surface area contributed by atoms with Gasteiger partial charge in [0.2, 0.25) is 0 Å². The van der Waals surface area contributed by atoms with Crippen molar-refractivity contribution in [1.29, 1.82) is 0 Å². The Morgan fingerprint density at radius 2 is 0.517 bits per heavy atom. The second-order valence-corrected chi connectivity index (χ2v) is 26.3. The van der Waals surface area contributed by atoms with E-state index in [-0.39, 0.29) is 70.4 Å². The molecule has 118 heavy (non-hydrogen) atoms. The molecule has 0 aliphatic rings. The number of ether oxygens (including phenoxy) is 2. The van der Waals surface area contributed by atoms with Crippen LogP contribution in [0, 0.1) is 71.2 Å². The van der Waals surface area contributed by atoms with Gasteiger partial charge in [0.25, 0.3) is 39.4 Å². The number of nitro benzene ring substituents is 6. The molecule has 0 aromatic heterocycles. The molecule has 0 fully saturated rings. The zero-order valence-corrected chi connectivity index (χ0v) is 65.7. The van der Waals surface area contributed by atoms with Gasteiger partial charge in [-0.25, -0.2) is 19.2 Å². The first kappa shape index (κ1) is 93.9. The number of carbonyl (C=O) groups is 6. The molecule has 12 aromatic rings. The number of esters is 2. The number of non-ortho nitro benzene ring substituents is 6. The lowest BCUT2D eigenvalue weighted by Crippen LogP contribution is -2.05. The van der Waals surface area contributed by atoms with Crippen molar-refractivity contribution >= 4 is 103 Å². The molecule has 0 atom stereocenters. The van der Waals surface area contributed by atoms with Gasteiger partial charge in [-0.3, -0.25) is 70.3 Å². The standard InChI is InChI=1S/C15H13NO4.C15H13NO3.C14H10ClNO3.2C14H11NO4.C9H10O2.C6H4INO2.CH4/c1-20-15(17)14-5-3-2-4-12(14)10-11-6-8-13(9-7-11)16(18)19;1-11(17)15-5-3-2-4-13(15)10-12-6-8-14(9-7-12)16(18)19;15-14(17)13-4-2-1-3-11(13)9-10-5-7-12(8-6-10)16(18)19;2*16-14(17)13-4-2-1-3-11(13)9-10-5-7-12(8-6-10)15(18)19;1-7-5-3-4-6-8(7)9(10)11-2;7-5-1-3-6(4-2-5)8(9)10;/h2-9H,10H2,1H3;2-9H,10H2,1H3;1-8H,9H2;2*1-8H,9H2,(H,16,17);3-6H,1-2H3;1-4H;1H4. The third-order valence-corrected chi connectivity index (χ3v) is 17.8. The molecule has 0 saturated heterocycles. The van der Waals surface area contributed by atoms with Gasteiger partial charge >= 0.3 is 23.9 Å². The topological polar surface area (TPSA) is 420 Å². The molecule has 0 radical (unpaired) electrons. The maximum atomic E-state index is 11.7. The highest BCUT2D eigenvalue weighted by molar-refractivity contribution is 14.1. The summed E-state index contributed by atoms with van der Waals surface area (Å²) in [4.78, 5) is 128. The van der Waals surface area contributed by atoms with Crippen LogP contribution in [0.4, 0.5) is 34.1 Å². The van der Waals surface area contributed by atoms with Crippen LogP contribution in [0.1, 0.15) is 138 Å². The van der Waals surface area contributed by atoms with E-state index in [4.69, 9.17) is 26.6 Å². The normalized spacial score (nSPS) is 9.88. The number of carboxylic acids is 2. The van der Waals surface area contributed by atoms with E-state index in [1.807, 2.05) is 67.6 Å². The van der Waals surface area contributed by atoms with Gasteiger partial charge in [-0.1, -0.05) is 183 Å². The van der Waals surface area contributed by atoms with E-state index in [1.165, 1.54) is 93.9 Å². The summed E-state index contributed by atoms with van der Waals surface area (Å²) in [6.45, 7) is 3.42. The van der Waals surface area contributed by atoms with Crippen LogP contribution in [0.2, 0.25) is 0 Å². The average molecular weight is 1730 g/mol. The minimum atomic E-state index is -0.975. The minimum Gasteiger partial charge on any atom is -0.478 e. The van der Waals surface area contributed by atoms with Crippen molar-refractivity contribution < 1.29 is 78.0 Å². The molecule has 0 saturated carbocycles. The van der Waals surface area contributed by atoms with Crippen LogP contribution in [0.25, 0.3) is 0 Å². The third kappa shape index (κ3) is 30.3. The van der Waals surface area contributed by atoms with E-state index in [1.54, 1.807) is 158 Å². The third-order valence-electron chi connectivity index (χ3n) is 16.8. The molecule has 12 rings (SSSR count). The molecular weight excluding hydrogens is 1660 g/mol. The average Bonchev–Trinajstić information content (AvgIpc) is 0.859. The first-order valence-electron chi connectivity index (χ1n) is 34.7. The van der Waals surface area contributed by atoms with Crippen molar-refractivity contribution in [2.75, 3.05) is 14.2 Å². The van der Waals surface area contributed by atoms with Crippen molar-refractivity contribution in [2.45, 2.75) is 53.4 Å². The van der Waals surface area contributed by atoms with E-state index >= 15 is 0 Å². The van der Waals surface area contributed by atoms with Gasteiger partial charge in [0.05, 0.1) is 66.0 Å². The summed E-state index contributed by atoms with van der Waals surface area (Å²) in [5.41, 5.74) is 12.4. The Bertz CT molecular complexity index is 5050. The predicted octanol–water partition coefficient (Wildman–Crippen LogP) is 20.3. The van der Waals surface area contributed by atoms with Crippen LogP contribution in [-0.2, 0) is 41.6 Å². The molecule has 30 heteroatoms. The fourth-order valence-electron chi connectivity index (χ4n) is 10.9. The van der Waals surface area contributed by atoms with Crippen molar-refractivity contribution in [2.24, 2.45) is 0 Å². The number of Topliss-reactive ketones (excluding diaryl/α,β-unsaturated/α-hetero) is 1. The highest BCUT2D eigenvalue weighted by Crippen LogP contribution is 2.25. The van der Waals surface area contributed by atoms with Gasteiger partial charge in [-0.15, -0.1) is 0 Å². The van der Waals surface area contributed by atoms with Crippen molar-refractivity contribution in [3.05, 3.63) is 450 Å². The summed E-state index contributed by atoms with van der Waals surface area (Å²) < 4.78 is 10.3. The minimum absolute atomic E-state index is 0. The Labute approximate surface area is 694 Å². The summed E-state index contributed by atoms with van der Waals surface area (Å²) in [7, 11) is 2.72. The molecule has 604 valence electrons. The van der Waals surface area contributed by atoms with Crippen molar-refractivity contribution in [3.8, 4) is 0 Å². The second-order valence-electron chi connectivity index (χ2n) is 24.8. The highest BCUT2D eigenvalue weighted by Gasteiger charge is 2.17. The first-order valence-corrected chi connectivity index (χ1v) is 36.2. The number of aryl methyl sites for hydroxylation is 1. The summed E-state index contributed by atoms with van der Waals surface area (Å²) in [5, 5.41) is 80.6. The molecule has 0 amide bonds. The van der Waals surface area contributed by atoms with Crippen LogP contribution in [0.15, 0.2) is 291 Å². The molecule has 12 aromatic carbocycles. The van der Waals surface area contributed by atoms with Gasteiger partial charge in [0.15, 0.2) is 5.78 Å². The Balaban J connectivity index is 0.000000248. The second kappa shape index (κ2) is 47.7. The van der Waals surface area contributed by atoms with Gasteiger partial charge < -0.3 is 19.7 Å². The zero-order valence-electron chi connectivity index (χ0n) is 62.7. The Hall–Kier alpha value is -14.7. The molecule has 0 spiro atoms. The van der Waals surface area contributed by atoms with Crippen LogP contribution < -0.4 is 0 Å². The van der Waals surface area contributed by atoms with Gasteiger partial charge in [0.1, 0.15) is 0 Å². The summed E-state index contributed by atoms with van der Waals surface area (Å²) in [5.74, 6) is -2.59. The van der Waals surface area contributed by atoms with Gasteiger partial charge in [-0.2, -0.15) is 0 Å². The maximum absolute atomic E-state index is 11.7. The number of hydrogen-bond acceptors (Lipinski definition) is 20. The first-order chi connectivity index (χ1) is 55.9. The molecule has 0 aliphatic heterocycles. The molecule has 0 heterocycles. The number of carboxylic acid groups (broad SMARTS) is 2. The highest BCUT2D eigenvalue weighted by atomic mass is 127. The van der Waals surface area contributed by atoms with Gasteiger partial charge in [0, 0.05) is 87.5 Å². The smallest absolute Gasteiger partial charge is 0.338 e. The number of aromatic carboxylic acids is 2. The van der Waals surface area contributed by atoms with E-state index in [2.05, 4.69) is 27.3 Å². The van der Waals surface area contributed by atoms with Crippen LogP contribution in [-0.4, -0.2) is 88.9 Å². The lowest BCUT2D eigenvalue weighted by Gasteiger charge is -2.07. The Morgan fingerprint density at radius 1 is 0.314 bits per heavy atom. The monoisotopic (exact) mass is 1730 g/mol. The number of rotatable bonds is 22. The van der Waals surface area contributed by atoms with Crippen molar-refractivity contribution in [3.63, 3.8) is 0 Å². The largest absolute Gasteiger partial charge is 0.478 e. The lowest BCUT2D eigenvalue weighted by molar-refractivity contribution is -0.385. The van der Waals surface area contributed by atoms with E-state index in [0.29, 0.717) is 65.5 Å². The fraction of sp³-hybridized carbons (Fsp3) is 0.114. The molecule has 0 unspecified atom stereocenters. The SMILES string of the molecule is C.CC(=O)c1ccccc1Cc1ccc([N+](=O)[O-])cc1.COC(=O)c1ccccc1C.COC(=O)c1ccccc1Cc1ccc([N+](=O)[O-])cc1.O=C(Cl)c1ccccc1Cc1ccc([N+](=O)[O-])cc1.O=C(O)c1ccccc1Cc1ccc([N+](=O)[O-])cc1.O=C(O)c1ccccc1Cc1ccc([N+](=O)[O-])cc1.O=[N+]([O-])c1ccc(I)cc1. The van der Waals surface area contributed by atoms with E-state index in [0.717, 1.165) is 53.6 Å². The maximum Gasteiger partial charge on any atom is 0.338 e.